The Kier molecular flexibility index (Phi) is 8.07. The summed E-state index contributed by atoms with van der Waals surface area (Å²) in [7, 11) is 0. The quantitative estimate of drug-likeness (QED) is 0.528. The van der Waals surface area contributed by atoms with Crippen LogP contribution in [0.15, 0.2) is 30.3 Å². The van der Waals surface area contributed by atoms with Gasteiger partial charge in [0.2, 0.25) is 5.91 Å². The summed E-state index contributed by atoms with van der Waals surface area (Å²) < 4.78 is 5.17. The van der Waals surface area contributed by atoms with Crippen LogP contribution in [0.5, 0.6) is 0 Å². The van der Waals surface area contributed by atoms with Gasteiger partial charge in [-0.15, -0.1) is 0 Å². The molecule has 1 rings (SSSR count). The van der Waals surface area contributed by atoms with E-state index < -0.39 is 0 Å². The fourth-order valence-electron chi connectivity index (χ4n) is 1.68. The van der Waals surface area contributed by atoms with Gasteiger partial charge in [-0.2, -0.15) is 0 Å². The molecule has 5 heteroatoms. The molecule has 0 aliphatic carbocycles. The Balaban J connectivity index is 1.99. The minimum absolute atomic E-state index is 0.0197. The van der Waals surface area contributed by atoms with E-state index in [0.717, 1.165) is 24.8 Å². The molecule has 1 aromatic carbocycles. The van der Waals surface area contributed by atoms with Gasteiger partial charge in [-0.1, -0.05) is 36.8 Å². The molecule has 0 aromatic heterocycles. The minimum atomic E-state index is -0.181. The highest BCUT2D eigenvalue weighted by atomic mass is 16.5. The van der Waals surface area contributed by atoms with E-state index in [9.17, 15) is 9.59 Å². The lowest BCUT2D eigenvalue weighted by atomic mass is 10.2. The summed E-state index contributed by atoms with van der Waals surface area (Å²) in [6.45, 7) is 0.952. The highest BCUT2D eigenvalue weighted by Crippen LogP contribution is 2.04. The number of carbonyl (C=O) groups excluding carboxylic acids is 2. The normalized spacial score (nSPS) is 10.1. The summed E-state index contributed by atoms with van der Waals surface area (Å²) in [4.78, 5) is 22.4. The number of esters is 1. The number of ether oxygens (including phenoxy) is 1. The zero-order valence-electron chi connectivity index (χ0n) is 11.6. The van der Waals surface area contributed by atoms with Crippen molar-refractivity contribution in [2.45, 2.75) is 32.3 Å². The average Bonchev–Trinajstić information content (AvgIpc) is 2.49. The molecular weight excluding hydrogens is 256 g/mol. The van der Waals surface area contributed by atoms with Gasteiger partial charge in [-0.05, 0) is 18.4 Å². The highest BCUT2D eigenvalue weighted by molar-refractivity contribution is 5.77. The molecule has 0 heterocycles. The van der Waals surface area contributed by atoms with Crippen molar-refractivity contribution in [1.29, 1.82) is 0 Å². The molecule has 0 unspecified atom stereocenters. The smallest absolute Gasteiger partial charge is 0.306 e. The molecule has 0 atom stereocenters. The molecule has 1 aromatic rings. The summed E-state index contributed by atoms with van der Waals surface area (Å²) in [6, 6.07) is 9.60. The molecule has 0 saturated heterocycles. The highest BCUT2D eigenvalue weighted by Gasteiger charge is 2.03. The molecule has 0 radical (unpaired) electrons. The Morgan fingerprint density at radius 3 is 2.55 bits per heavy atom. The Bertz CT molecular complexity index is 407. The monoisotopic (exact) mass is 278 g/mol. The molecule has 0 fully saturated rings. The summed E-state index contributed by atoms with van der Waals surface area (Å²) in [6.07, 6.45) is 2.91. The first-order chi connectivity index (χ1) is 9.72. The van der Waals surface area contributed by atoms with Crippen molar-refractivity contribution in [3.63, 3.8) is 0 Å². The lowest BCUT2D eigenvalue weighted by Crippen LogP contribution is -2.30. The molecular formula is C15H22N2O3. The van der Waals surface area contributed by atoms with Gasteiger partial charge in [0.05, 0.1) is 6.54 Å². The molecule has 20 heavy (non-hydrogen) atoms. The maximum atomic E-state index is 11.5. The number of nitrogens with two attached hydrogens (primary N) is 1. The second kappa shape index (κ2) is 9.97. The fourth-order valence-corrected chi connectivity index (χ4v) is 1.68. The predicted molar refractivity (Wildman–Crippen MR) is 76.8 cm³/mol. The van der Waals surface area contributed by atoms with E-state index in [0.29, 0.717) is 19.6 Å². The first kappa shape index (κ1) is 16.2. The van der Waals surface area contributed by atoms with Crippen LogP contribution in [-0.4, -0.2) is 25.0 Å². The molecule has 3 N–H and O–H groups in total. The van der Waals surface area contributed by atoms with Crippen LogP contribution in [0.4, 0.5) is 0 Å². The second-order valence-electron chi connectivity index (χ2n) is 4.51. The number of hydrogen-bond acceptors (Lipinski definition) is 4. The van der Waals surface area contributed by atoms with Crippen LogP contribution >= 0.6 is 0 Å². The summed E-state index contributed by atoms with van der Waals surface area (Å²) in [5.74, 6) is -0.327. The fraction of sp³-hybridized carbons (Fsp3) is 0.467. The summed E-state index contributed by atoms with van der Waals surface area (Å²) >= 11 is 0. The van der Waals surface area contributed by atoms with E-state index in [4.69, 9.17) is 10.5 Å². The standard InChI is InChI=1S/C15H22N2O3/c16-11-14(18)17-10-6-2-5-9-15(19)20-12-13-7-3-1-4-8-13/h1,3-4,7-8H,2,5-6,9-12,16H2,(H,17,18). The van der Waals surface area contributed by atoms with Crippen LogP contribution in [0, 0.1) is 0 Å². The van der Waals surface area contributed by atoms with Gasteiger partial charge in [0.25, 0.3) is 0 Å². The predicted octanol–water partition coefficient (Wildman–Crippen LogP) is 1.37. The Morgan fingerprint density at radius 1 is 1.10 bits per heavy atom. The molecule has 110 valence electrons. The first-order valence-corrected chi connectivity index (χ1v) is 6.88. The summed E-state index contributed by atoms with van der Waals surface area (Å²) in [5, 5.41) is 2.69. The van der Waals surface area contributed by atoms with Crippen molar-refractivity contribution in [3.8, 4) is 0 Å². The molecule has 0 aliphatic heterocycles. The number of hydrogen-bond donors (Lipinski definition) is 2. The molecule has 0 bridgehead atoms. The van der Waals surface area contributed by atoms with E-state index in [2.05, 4.69) is 5.32 Å². The molecule has 1 amide bonds. The van der Waals surface area contributed by atoms with Gasteiger partial charge >= 0.3 is 5.97 Å². The van der Waals surface area contributed by atoms with Crippen LogP contribution in [-0.2, 0) is 20.9 Å². The molecule has 5 nitrogen and oxygen atoms in total. The van der Waals surface area contributed by atoms with Crippen LogP contribution in [0.2, 0.25) is 0 Å². The van der Waals surface area contributed by atoms with Crippen LogP contribution in [0.25, 0.3) is 0 Å². The topological polar surface area (TPSA) is 81.4 Å². The molecule has 0 saturated carbocycles. The van der Waals surface area contributed by atoms with E-state index in [1.165, 1.54) is 0 Å². The van der Waals surface area contributed by atoms with E-state index in [1.54, 1.807) is 0 Å². The number of amides is 1. The van der Waals surface area contributed by atoms with Gasteiger partial charge < -0.3 is 15.8 Å². The van der Waals surface area contributed by atoms with Crippen molar-refractivity contribution in [2.24, 2.45) is 5.73 Å². The average molecular weight is 278 g/mol. The number of unbranched alkanes of at least 4 members (excludes halogenated alkanes) is 2. The van der Waals surface area contributed by atoms with Gasteiger partial charge in [-0.3, -0.25) is 9.59 Å². The van der Waals surface area contributed by atoms with E-state index in [1.807, 2.05) is 30.3 Å². The largest absolute Gasteiger partial charge is 0.461 e. The maximum absolute atomic E-state index is 11.5. The molecule has 0 aliphatic rings. The first-order valence-electron chi connectivity index (χ1n) is 6.88. The SMILES string of the molecule is NCC(=O)NCCCCCC(=O)OCc1ccccc1. The third-order valence-electron chi connectivity index (χ3n) is 2.81. The minimum Gasteiger partial charge on any atom is -0.461 e. The van der Waals surface area contributed by atoms with Crippen molar-refractivity contribution in [3.05, 3.63) is 35.9 Å². The zero-order valence-corrected chi connectivity index (χ0v) is 11.6. The lowest BCUT2D eigenvalue weighted by Gasteiger charge is -2.05. The van der Waals surface area contributed by atoms with Crippen molar-refractivity contribution >= 4 is 11.9 Å². The number of benzene rings is 1. The number of carbonyl (C=O) groups is 2. The van der Waals surface area contributed by atoms with Gasteiger partial charge in [-0.25, -0.2) is 0 Å². The third-order valence-corrected chi connectivity index (χ3v) is 2.81. The summed E-state index contributed by atoms with van der Waals surface area (Å²) in [5.41, 5.74) is 6.15. The van der Waals surface area contributed by atoms with E-state index in [-0.39, 0.29) is 18.4 Å². The van der Waals surface area contributed by atoms with Gasteiger partial charge in [0.1, 0.15) is 6.61 Å². The number of nitrogens with one attached hydrogen (secondary N) is 1. The third kappa shape index (κ3) is 7.53. The molecule has 0 spiro atoms. The van der Waals surface area contributed by atoms with Gasteiger partial charge in [0, 0.05) is 13.0 Å². The van der Waals surface area contributed by atoms with Crippen LogP contribution in [0.1, 0.15) is 31.2 Å². The van der Waals surface area contributed by atoms with E-state index >= 15 is 0 Å². The lowest BCUT2D eigenvalue weighted by molar-refractivity contribution is -0.145. The van der Waals surface area contributed by atoms with Crippen molar-refractivity contribution in [2.75, 3.05) is 13.1 Å². The Hall–Kier alpha value is -1.88. The number of rotatable bonds is 9. The van der Waals surface area contributed by atoms with Crippen molar-refractivity contribution < 1.29 is 14.3 Å². The van der Waals surface area contributed by atoms with Crippen LogP contribution < -0.4 is 11.1 Å². The second-order valence-corrected chi connectivity index (χ2v) is 4.51. The Morgan fingerprint density at radius 2 is 1.85 bits per heavy atom. The Labute approximate surface area is 119 Å². The van der Waals surface area contributed by atoms with Crippen molar-refractivity contribution in [1.82, 2.24) is 5.32 Å². The van der Waals surface area contributed by atoms with Gasteiger partial charge in [0.15, 0.2) is 0 Å². The van der Waals surface area contributed by atoms with Crippen LogP contribution in [0.3, 0.4) is 0 Å². The maximum Gasteiger partial charge on any atom is 0.306 e. The zero-order chi connectivity index (χ0) is 14.6.